The average Bonchev–Trinajstić information content (AvgIpc) is 2.81. The van der Waals surface area contributed by atoms with E-state index in [4.69, 9.17) is 19.9 Å². The van der Waals surface area contributed by atoms with Crippen molar-refractivity contribution in [3.8, 4) is 11.5 Å². The number of benzene rings is 1. The molecule has 2 aromatic rings. The fourth-order valence-corrected chi connectivity index (χ4v) is 2.95. The Balaban J connectivity index is 1.66. The van der Waals surface area contributed by atoms with Crippen LogP contribution in [0.4, 0.5) is 5.69 Å². The van der Waals surface area contributed by atoms with Crippen molar-refractivity contribution >= 4 is 11.6 Å². The summed E-state index contributed by atoms with van der Waals surface area (Å²) in [5.41, 5.74) is 9.99. The maximum atomic E-state index is 6.07. The zero-order valence-electron chi connectivity index (χ0n) is 16.1. The van der Waals surface area contributed by atoms with E-state index in [-0.39, 0.29) is 0 Å². The van der Waals surface area contributed by atoms with Gasteiger partial charge in [0.25, 0.3) is 0 Å². The highest BCUT2D eigenvalue weighted by molar-refractivity contribution is 5.92. The van der Waals surface area contributed by atoms with Crippen LogP contribution in [0.2, 0.25) is 0 Å². The van der Waals surface area contributed by atoms with Gasteiger partial charge in [-0.1, -0.05) is 0 Å². The molecule has 0 aliphatic carbocycles. The fourth-order valence-electron chi connectivity index (χ4n) is 2.95. The predicted octanol–water partition coefficient (Wildman–Crippen LogP) is 2.23. The van der Waals surface area contributed by atoms with Crippen LogP contribution < -0.4 is 20.5 Å². The van der Waals surface area contributed by atoms with Crippen molar-refractivity contribution in [1.82, 2.24) is 9.78 Å². The van der Waals surface area contributed by atoms with Gasteiger partial charge in [-0.15, -0.1) is 0 Å². The highest BCUT2D eigenvalue weighted by atomic mass is 16.5. The van der Waals surface area contributed by atoms with Gasteiger partial charge in [-0.05, 0) is 26.0 Å². The lowest BCUT2D eigenvalue weighted by Crippen LogP contribution is -2.22. The molecule has 0 unspecified atom stereocenters. The van der Waals surface area contributed by atoms with E-state index < -0.39 is 0 Å². The van der Waals surface area contributed by atoms with Crippen LogP contribution in [-0.2, 0) is 17.8 Å². The molecule has 0 saturated carbocycles. The smallest absolute Gasteiger partial charge is 0.193 e. The Morgan fingerprint density at radius 3 is 2.85 bits per heavy atom. The van der Waals surface area contributed by atoms with Crippen LogP contribution in [0.25, 0.3) is 0 Å². The third-order valence-corrected chi connectivity index (χ3v) is 4.47. The molecule has 0 atom stereocenters. The molecule has 8 heteroatoms. The number of anilines is 1. The lowest BCUT2D eigenvalue weighted by atomic mass is 10.2. The Bertz CT molecular complexity index is 816. The maximum absolute atomic E-state index is 6.07. The van der Waals surface area contributed by atoms with Gasteiger partial charge in [0.15, 0.2) is 17.5 Å². The molecule has 0 fully saturated rings. The Morgan fingerprint density at radius 2 is 2.07 bits per heavy atom. The topological polar surface area (TPSA) is 95.9 Å². The lowest BCUT2D eigenvalue weighted by molar-refractivity contribution is 0.182. The van der Waals surface area contributed by atoms with Gasteiger partial charge in [0.05, 0.1) is 38.6 Å². The molecule has 1 aliphatic heterocycles. The molecule has 3 rings (SSSR count). The maximum Gasteiger partial charge on any atom is 0.193 e. The molecule has 8 nitrogen and oxygen atoms in total. The van der Waals surface area contributed by atoms with E-state index >= 15 is 0 Å². The van der Waals surface area contributed by atoms with Crippen molar-refractivity contribution in [2.24, 2.45) is 10.7 Å². The Kier molecular flexibility index (Phi) is 6.18. The molecular weight excluding hydrogens is 346 g/mol. The van der Waals surface area contributed by atoms with Crippen LogP contribution in [0, 0.1) is 13.8 Å². The molecule has 0 amide bonds. The minimum absolute atomic E-state index is 0.341. The third kappa shape index (κ3) is 4.71. The van der Waals surface area contributed by atoms with Gasteiger partial charge in [-0.3, -0.25) is 4.68 Å². The monoisotopic (exact) mass is 373 g/mol. The SMILES string of the molecule is COCCn1nc(C)c(CN=C(N)Nc2ccc3c(c2)OCCCO3)c1C. The molecule has 0 bridgehead atoms. The standard InChI is InChI=1S/C19H27N5O3/c1-13-16(14(2)24(23-13)7-10-25-3)12-21-19(20)22-15-5-6-17-18(11-15)27-9-4-8-26-17/h5-6,11H,4,7-10,12H2,1-3H3,(H3,20,21,22). The molecule has 0 radical (unpaired) electrons. The van der Waals surface area contributed by atoms with Gasteiger partial charge < -0.3 is 25.3 Å². The largest absolute Gasteiger partial charge is 0.490 e. The van der Waals surface area contributed by atoms with Gasteiger partial charge in [0.2, 0.25) is 0 Å². The summed E-state index contributed by atoms with van der Waals surface area (Å²) >= 11 is 0. The number of methoxy groups -OCH3 is 1. The summed E-state index contributed by atoms with van der Waals surface area (Å²) in [7, 11) is 1.68. The molecule has 2 heterocycles. The third-order valence-electron chi connectivity index (χ3n) is 4.47. The molecular formula is C19H27N5O3. The van der Waals surface area contributed by atoms with E-state index in [1.165, 1.54) is 0 Å². The summed E-state index contributed by atoms with van der Waals surface area (Å²) in [4.78, 5) is 4.46. The van der Waals surface area contributed by atoms with E-state index in [2.05, 4.69) is 15.4 Å². The number of aliphatic imine (C=N–C) groups is 1. The zero-order chi connectivity index (χ0) is 19.2. The molecule has 0 spiro atoms. The van der Waals surface area contributed by atoms with Crippen LogP contribution in [0.15, 0.2) is 23.2 Å². The first-order valence-corrected chi connectivity index (χ1v) is 9.07. The average molecular weight is 373 g/mol. The number of nitrogens with one attached hydrogen (secondary N) is 1. The molecule has 1 aromatic heterocycles. The first-order valence-electron chi connectivity index (χ1n) is 9.07. The number of hydrogen-bond acceptors (Lipinski definition) is 5. The quantitative estimate of drug-likeness (QED) is 0.595. The van der Waals surface area contributed by atoms with Crippen molar-refractivity contribution in [3.63, 3.8) is 0 Å². The van der Waals surface area contributed by atoms with E-state index in [1.54, 1.807) is 7.11 Å². The second-order valence-electron chi connectivity index (χ2n) is 6.40. The second kappa shape index (κ2) is 8.77. The van der Waals surface area contributed by atoms with Gasteiger partial charge >= 0.3 is 0 Å². The van der Waals surface area contributed by atoms with Crippen molar-refractivity contribution in [3.05, 3.63) is 35.2 Å². The number of aryl methyl sites for hydroxylation is 1. The van der Waals surface area contributed by atoms with Gasteiger partial charge in [-0.2, -0.15) is 5.10 Å². The number of rotatable bonds is 6. The van der Waals surface area contributed by atoms with Crippen LogP contribution >= 0.6 is 0 Å². The predicted molar refractivity (Wildman–Crippen MR) is 105 cm³/mol. The molecule has 0 saturated heterocycles. The Labute approximate surface area is 159 Å². The summed E-state index contributed by atoms with van der Waals surface area (Å²) in [6.07, 6.45) is 0.873. The Morgan fingerprint density at radius 1 is 1.30 bits per heavy atom. The summed E-state index contributed by atoms with van der Waals surface area (Å²) < 4.78 is 18.4. The van der Waals surface area contributed by atoms with E-state index in [0.717, 1.165) is 47.1 Å². The van der Waals surface area contributed by atoms with Crippen LogP contribution in [0.1, 0.15) is 23.4 Å². The van der Waals surface area contributed by atoms with E-state index in [0.29, 0.717) is 32.3 Å². The van der Waals surface area contributed by atoms with Crippen molar-refractivity contribution < 1.29 is 14.2 Å². The molecule has 3 N–H and O–H groups in total. The van der Waals surface area contributed by atoms with E-state index in [9.17, 15) is 0 Å². The molecule has 146 valence electrons. The first-order chi connectivity index (χ1) is 13.1. The number of nitrogens with two attached hydrogens (primary N) is 1. The highest BCUT2D eigenvalue weighted by Crippen LogP contribution is 2.32. The van der Waals surface area contributed by atoms with Crippen molar-refractivity contribution in [1.29, 1.82) is 0 Å². The fraction of sp³-hybridized carbons (Fsp3) is 0.474. The number of fused-ring (bicyclic) bond motifs is 1. The van der Waals surface area contributed by atoms with Gasteiger partial charge in [0, 0.05) is 36.5 Å². The molecule has 1 aromatic carbocycles. The number of guanidine groups is 1. The minimum Gasteiger partial charge on any atom is -0.490 e. The van der Waals surface area contributed by atoms with Crippen LogP contribution in [-0.4, -0.2) is 42.7 Å². The van der Waals surface area contributed by atoms with Crippen LogP contribution in [0.5, 0.6) is 11.5 Å². The van der Waals surface area contributed by atoms with Crippen LogP contribution in [0.3, 0.4) is 0 Å². The summed E-state index contributed by atoms with van der Waals surface area (Å²) in [6.45, 7) is 7.14. The molecule has 1 aliphatic rings. The van der Waals surface area contributed by atoms with Gasteiger partial charge in [0.1, 0.15) is 0 Å². The van der Waals surface area contributed by atoms with Crippen molar-refractivity contribution in [2.75, 3.05) is 32.2 Å². The number of nitrogens with zero attached hydrogens (tertiary/aromatic N) is 3. The molecule has 27 heavy (non-hydrogen) atoms. The number of ether oxygens (including phenoxy) is 3. The summed E-state index contributed by atoms with van der Waals surface area (Å²) in [5.74, 6) is 1.81. The van der Waals surface area contributed by atoms with Gasteiger partial charge in [-0.25, -0.2) is 4.99 Å². The zero-order valence-corrected chi connectivity index (χ0v) is 16.1. The minimum atomic E-state index is 0.341. The first kappa shape index (κ1) is 19.0. The summed E-state index contributed by atoms with van der Waals surface area (Å²) in [6, 6.07) is 5.65. The summed E-state index contributed by atoms with van der Waals surface area (Å²) in [5, 5.41) is 7.65. The highest BCUT2D eigenvalue weighted by Gasteiger charge is 2.12. The Hall–Kier alpha value is -2.74. The normalized spacial score (nSPS) is 14.1. The second-order valence-corrected chi connectivity index (χ2v) is 6.40. The van der Waals surface area contributed by atoms with E-state index in [1.807, 2.05) is 36.7 Å². The number of hydrogen-bond donors (Lipinski definition) is 2. The lowest BCUT2D eigenvalue weighted by Gasteiger charge is -2.11. The number of aromatic nitrogens is 2. The van der Waals surface area contributed by atoms with Crippen molar-refractivity contribution in [2.45, 2.75) is 33.4 Å².